The average molecular weight is 424 g/mol. The molecular formula is C25H23ClFNO2. The van der Waals surface area contributed by atoms with Crippen molar-refractivity contribution < 1.29 is 13.9 Å². The summed E-state index contributed by atoms with van der Waals surface area (Å²) >= 11 is 5.96. The first-order chi connectivity index (χ1) is 14.5. The van der Waals surface area contributed by atoms with E-state index in [1.54, 1.807) is 37.4 Å². The first kappa shape index (κ1) is 20.4. The smallest absolute Gasteiger partial charge is 0.258 e. The first-order valence-corrected chi connectivity index (χ1v) is 10.4. The zero-order chi connectivity index (χ0) is 21.3. The highest BCUT2D eigenvalue weighted by Gasteiger charge is 2.25. The summed E-state index contributed by atoms with van der Waals surface area (Å²) in [5, 5.41) is 0.612. The predicted molar refractivity (Wildman–Crippen MR) is 118 cm³/mol. The molecule has 3 aromatic rings. The van der Waals surface area contributed by atoms with Crippen LogP contribution in [0.15, 0.2) is 60.7 Å². The highest BCUT2D eigenvalue weighted by atomic mass is 35.5. The fraction of sp³-hybridized carbons (Fsp3) is 0.240. The molecule has 5 heteroatoms. The van der Waals surface area contributed by atoms with Gasteiger partial charge in [0.1, 0.15) is 11.6 Å². The maximum atomic E-state index is 13.6. The molecule has 1 aliphatic rings. The Morgan fingerprint density at radius 1 is 1.10 bits per heavy atom. The van der Waals surface area contributed by atoms with Crippen LogP contribution in [-0.4, -0.2) is 19.6 Å². The molecule has 3 nitrogen and oxygen atoms in total. The van der Waals surface area contributed by atoms with E-state index in [4.69, 9.17) is 16.3 Å². The lowest BCUT2D eigenvalue weighted by Gasteiger charge is -2.30. The van der Waals surface area contributed by atoms with Crippen molar-refractivity contribution in [2.45, 2.75) is 25.7 Å². The molecule has 0 saturated carbocycles. The fourth-order valence-corrected chi connectivity index (χ4v) is 4.19. The lowest BCUT2D eigenvalue weighted by Crippen LogP contribution is -2.35. The number of methoxy groups -OCH3 is 1. The lowest BCUT2D eigenvalue weighted by molar-refractivity contribution is 0.0985. The number of rotatable bonds is 4. The van der Waals surface area contributed by atoms with Gasteiger partial charge in [0.15, 0.2) is 0 Å². The summed E-state index contributed by atoms with van der Waals surface area (Å²) in [5.74, 6) is 0.242. The van der Waals surface area contributed by atoms with Gasteiger partial charge in [-0.1, -0.05) is 36.7 Å². The Morgan fingerprint density at radius 2 is 1.87 bits per heavy atom. The number of anilines is 1. The number of amides is 1. The zero-order valence-corrected chi connectivity index (χ0v) is 17.7. The summed E-state index contributed by atoms with van der Waals surface area (Å²) < 4.78 is 19.0. The van der Waals surface area contributed by atoms with Gasteiger partial charge in [-0.25, -0.2) is 4.39 Å². The summed E-state index contributed by atoms with van der Waals surface area (Å²) in [6, 6.07) is 17.9. The molecule has 1 amide bonds. The Balaban J connectivity index is 1.65. The summed E-state index contributed by atoms with van der Waals surface area (Å²) in [6.45, 7) is 2.77. The van der Waals surface area contributed by atoms with Gasteiger partial charge in [-0.05, 0) is 60.4 Å². The Labute approximate surface area is 181 Å². The zero-order valence-electron chi connectivity index (χ0n) is 17.0. The molecule has 30 heavy (non-hydrogen) atoms. The maximum Gasteiger partial charge on any atom is 0.258 e. The third-order valence-corrected chi connectivity index (χ3v) is 5.97. The molecule has 0 spiro atoms. The van der Waals surface area contributed by atoms with Crippen molar-refractivity contribution in [3.05, 3.63) is 93.8 Å². The molecule has 4 rings (SSSR count). The van der Waals surface area contributed by atoms with Gasteiger partial charge >= 0.3 is 0 Å². The number of hydrogen-bond donors (Lipinski definition) is 0. The number of carbonyl (C=O) groups is 1. The van der Waals surface area contributed by atoms with Gasteiger partial charge in [-0.2, -0.15) is 0 Å². The van der Waals surface area contributed by atoms with Crippen molar-refractivity contribution >= 4 is 23.2 Å². The van der Waals surface area contributed by atoms with Gasteiger partial charge in [0.25, 0.3) is 5.91 Å². The van der Waals surface area contributed by atoms with Crippen molar-refractivity contribution in [1.82, 2.24) is 0 Å². The SMILES string of the molecule is COc1cc(F)ccc1C(C)c1ccc2c(c1)CCCN2C(=O)c1ccc(Cl)cc1. The number of carbonyl (C=O) groups excluding carboxylic acids is 1. The number of benzene rings is 3. The molecule has 0 bridgehead atoms. The molecule has 3 aromatic carbocycles. The second kappa shape index (κ2) is 8.49. The van der Waals surface area contributed by atoms with Gasteiger partial charge in [0.05, 0.1) is 7.11 Å². The monoisotopic (exact) mass is 423 g/mol. The molecule has 0 radical (unpaired) electrons. The van der Waals surface area contributed by atoms with E-state index in [2.05, 4.69) is 13.0 Å². The summed E-state index contributed by atoms with van der Waals surface area (Å²) in [4.78, 5) is 14.9. The summed E-state index contributed by atoms with van der Waals surface area (Å²) in [7, 11) is 1.55. The minimum Gasteiger partial charge on any atom is -0.496 e. The minimum absolute atomic E-state index is 0.0198. The van der Waals surface area contributed by atoms with E-state index in [1.807, 2.05) is 17.0 Å². The maximum absolute atomic E-state index is 13.6. The second-order valence-corrected chi connectivity index (χ2v) is 8.00. The van der Waals surface area contributed by atoms with Gasteiger partial charge < -0.3 is 9.64 Å². The van der Waals surface area contributed by atoms with Gasteiger partial charge in [0, 0.05) is 40.4 Å². The molecule has 1 unspecified atom stereocenters. The number of nitrogens with zero attached hydrogens (tertiary/aromatic N) is 1. The standard InChI is InChI=1S/C25H23ClFNO2/c1-16(22-11-10-21(27)15-24(22)30-2)18-7-12-23-19(14-18)4-3-13-28(23)25(29)17-5-8-20(26)9-6-17/h5-12,14-16H,3-4,13H2,1-2H3. The number of fused-ring (bicyclic) bond motifs is 1. The van der Waals surface area contributed by atoms with E-state index in [0.717, 1.165) is 35.2 Å². The molecule has 0 fully saturated rings. The highest BCUT2D eigenvalue weighted by Crippen LogP contribution is 2.36. The van der Waals surface area contributed by atoms with Crippen LogP contribution in [0.5, 0.6) is 5.75 Å². The van der Waals surface area contributed by atoms with E-state index in [0.29, 0.717) is 22.9 Å². The second-order valence-electron chi connectivity index (χ2n) is 7.56. The van der Waals surface area contributed by atoms with Gasteiger partial charge in [-0.15, -0.1) is 0 Å². The molecule has 0 aromatic heterocycles. The van der Waals surface area contributed by atoms with E-state index in [1.165, 1.54) is 12.1 Å². The normalized spacial score (nSPS) is 14.2. The average Bonchev–Trinajstić information content (AvgIpc) is 2.77. The Kier molecular flexibility index (Phi) is 5.78. The summed E-state index contributed by atoms with van der Waals surface area (Å²) in [5.41, 5.74) is 4.76. The van der Waals surface area contributed by atoms with Crippen molar-refractivity contribution in [1.29, 1.82) is 0 Å². The highest BCUT2D eigenvalue weighted by molar-refractivity contribution is 6.30. The molecule has 0 N–H and O–H groups in total. The molecule has 1 atom stereocenters. The topological polar surface area (TPSA) is 29.5 Å². The molecule has 1 heterocycles. The number of ether oxygens (including phenoxy) is 1. The predicted octanol–water partition coefficient (Wildman–Crippen LogP) is 6.23. The third kappa shape index (κ3) is 3.92. The van der Waals surface area contributed by atoms with Crippen molar-refractivity contribution in [3.8, 4) is 5.75 Å². The number of halogens is 2. The first-order valence-electron chi connectivity index (χ1n) is 10.0. The van der Waals surface area contributed by atoms with Crippen LogP contribution in [0.25, 0.3) is 0 Å². The third-order valence-electron chi connectivity index (χ3n) is 5.72. The molecule has 0 aliphatic carbocycles. The minimum atomic E-state index is -0.315. The Morgan fingerprint density at radius 3 is 2.60 bits per heavy atom. The van der Waals surface area contributed by atoms with E-state index >= 15 is 0 Å². The number of hydrogen-bond acceptors (Lipinski definition) is 2. The van der Waals surface area contributed by atoms with Crippen molar-refractivity contribution in [2.24, 2.45) is 0 Å². The van der Waals surface area contributed by atoms with Crippen LogP contribution in [0.4, 0.5) is 10.1 Å². The van der Waals surface area contributed by atoms with Crippen molar-refractivity contribution in [2.75, 3.05) is 18.6 Å². The van der Waals surface area contributed by atoms with Gasteiger partial charge in [0.2, 0.25) is 0 Å². The molecular weight excluding hydrogens is 401 g/mol. The Bertz CT molecular complexity index is 1080. The largest absolute Gasteiger partial charge is 0.496 e. The van der Waals surface area contributed by atoms with Crippen LogP contribution in [0, 0.1) is 5.82 Å². The quantitative estimate of drug-likeness (QED) is 0.497. The van der Waals surface area contributed by atoms with Gasteiger partial charge in [-0.3, -0.25) is 4.79 Å². The molecule has 0 saturated heterocycles. The van der Waals surface area contributed by atoms with E-state index < -0.39 is 0 Å². The fourth-order valence-electron chi connectivity index (χ4n) is 4.07. The van der Waals surface area contributed by atoms with Crippen LogP contribution in [0.1, 0.15) is 46.3 Å². The van der Waals surface area contributed by atoms with Crippen LogP contribution in [0.2, 0.25) is 5.02 Å². The number of aryl methyl sites for hydroxylation is 1. The van der Waals surface area contributed by atoms with Crippen molar-refractivity contribution in [3.63, 3.8) is 0 Å². The van der Waals surface area contributed by atoms with Crippen LogP contribution < -0.4 is 9.64 Å². The molecule has 154 valence electrons. The van der Waals surface area contributed by atoms with Crippen LogP contribution in [-0.2, 0) is 6.42 Å². The van der Waals surface area contributed by atoms with E-state index in [9.17, 15) is 9.18 Å². The molecule has 1 aliphatic heterocycles. The van der Waals surface area contributed by atoms with E-state index in [-0.39, 0.29) is 17.6 Å². The Hall–Kier alpha value is -2.85. The lowest BCUT2D eigenvalue weighted by atomic mass is 9.89. The van der Waals surface area contributed by atoms with Crippen LogP contribution >= 0.6 is 11.6 Å². The summed E-state index contributed by atoms with van der Waals surface area (Å²) in [6.07, 6.45) is 1.82. The van der Waals surface area contributed by atoms with Crippen LogP contribution in [0.3, 0.4) is 0 Å².